The summed E-state index contributed by atoms with van der Waals surface area (Å²) in [6.07, 6.45) is 1.78. The Kier molecular flexibility index (Phi) is 2.51. The maximum absolute atomic E-state index is 12.2. The third-order valence-corrected chi connectivity index (χ3v) is 3.84. The van der Waals surface area contributed by atoms with Gasteiger partial charge in [0.1, 0.15) is 11.9 Å². The first kappa shape index (κ1) is 12.0. The van der Waals surface area contributed by atoms with E-state index in [-0.39, 0.29) is 6.10 Å². The molecule has 2 aromatic rings. The molecule has 21 heavy (non-hydrogen) atoms. The molecule has 0 radical (unpaired) electrons. The second-order valence-electron chi connectivity index (χ2n) is 5.08. The SMILES string of the molecule is O=C1C(=O)c2ccccc2C2=C1CC(c1ccccn1)O2. The van der Waals surface area contributed by atoms with Gasteiger partial charge in [0, 0.05) is 23.7 Å². The zero-order valence-corrected chi connectivity index (χ0v) is 11.1. The first-order chi connectivity index (χ1) is 10.3. The predicted octanol–water partition coefficient (Wildman–Crippen LogP) is 2.72. The maximum Gasteiger partial charge on any atom is 0.234 e. The van der Waals surface area contributed by atoms with Gasteiger partial charge in [-0.2, -0.15) is 0 Å². The normalized spacial score (nSPS) is 20.1. The van der Waals surface area contributed by atoms with Crippen LogP contribution in [0.25, 0.3) is 5.76 Å². The Hall–Kier alpha value is -2.75. The van der Waals surface area contributed by atoms with E-state index in [1.54, 1.807) is 18.3 Å². The van der Waals surface area contributed by atoms with E-state index in [1.165, 1.54) is 0 Å². The molecule has 2 aliphatic rings. The number of benzene rings is 1. The zero-order chi connectivity index (χ0) is 14.4. The molecule has 0 saturated carbocycles. The van der Waals surface area contributed by atoms with Crippen LogP contribution in [0.5, 0.6) is 0 Å². The van der Waals surface area contributed by atoms with Gasteiger partial charge in [0.2, 0.25) is 11.6 Å². The van der Waals surface area contributed by atoms with Crippen LogP contribution in [-0.4, -0.2) is 16.6 Å². The predicted molar refractivity (Wildman–Crippen MR) is 75.4 cm³/mol. The summed E-state index contributed by atoms with van der Waals surface area (Å²) in [5.74, 6) is -0.373. The van der Waals surface area contributed by atoms with E-state index in [0.29, 0.717) is 28.9 Å². The molecule has 0 amide bonds. The number of hydrogen-bond acceptors (Lipinski definition) is 4. The first-order valence-electron chi connectivity index (χ1n) is 6.75. The third kappa shape index (κ3) is 1.72. The molecule has 1 aliphatic carbocycles. The molecule has 0 N–H and O–H groups in total. The van der Waals surface area contributed by atoms with E-state index in [1.807, 2.05) is 30.3 Å². The molecule has 102 valence electrons. The highest BCUT2D eigenvalue weighted by molar-refractivity contribution is 6.52. The molecule has 1 aromatic carbocycles. The number of Topliss-reactive ketones (excluding diaryl/α,β-unsaturated/α-hetero) is 2. The third-order valence-electron chi connectivity index (χ3n) is 3.84. The van der Waals surface area contributed by atoms with E-state index in [4.69, 9.17) is 4.74 Å². The minimum Gasteiger partial charge on any atom is -0.483 e. The largest absolute Gasteiger partial charge is 0.483 e. The minimum atomic E-state index is -0.456. The second-order valence-corrected chi connectivity index (χ2v) is 5.08. The van der Waals surface area contributed by atoms with E-state index < -0.39 is 11.6 Å². The molecule has 4 rings (SSSR count). The molecule has 1 aliphatic heterocycles. The molecule has 4 nitrogen and oxygen atoms in total. The van der Waals surface area contributed by atoms with Gasteiger partial charge in [-0.05, 0) is 12.1 Å². The number of ether oxygens (including phenoxy) is 1. The number of pyridine rings is 1. The summed E-state index contributed by atoms with van der Waals surface area (Å²) >= 11 is 0. The monoisotopic (exact) mass is 277 g/mol. The van der Waals surface area contributed by atoms with Crippen molar-refractivity contribution in [2.75, 3.05) is 0 Å². The summed E-state index contributed by atoms with van der Waals surface area (Å²) in [5.41, 5.74) is 2.36. The minimum absolute atomic E-state index is 0.306. The lowest BCUT2D eigenvalue weighted by atomic mass is 9.87. The van der Waals surface area contributed by atoms with Crippen molar-refractivity contribution < 1.29 is 14.3 Å². The lowest BCUT2D eigenvalue weighted by Crippen LogP contribution is -2.22. The highest BCUT2D eigenvalue weighted by Crippen LogP contribution is 2.43. The van der Waals surface area contributed by atoms with Crippen molar-refractivity contribution in [1.82, 2.24) is 4.98 Å². The number of rotatable bonds is 1. The van der Waals surface area contributed by atoms with Crippen molar-refractivity contribution in [3.05, 3.63) is 71.1 Å². The van der Waals surface area contributed by atoms with Crippen LogP contribution < -0.4 is 0 Å². The van der Waals surface area contributed by atoms with Crippen LogP contribution in [0.15, 0.2) is 54.2 Å². The number of carbonyl (C=O) groups is 2. The molecule has 0 bridgehead atoms. The molecule has 0 fully saturated rings. The fourth-order valence-electron chi connectivity index (χ4n) is 2.82. The number of ketones is 2. The Morgan fingerprint density at radius 2 is 1.71 bits per heavy atom. The van der Waals surface area contributed by atoms with Gasteiger partial charge in [-0.1, -0.05) is 30.3 Å². The smallest absolute Gasteiger partial charge is 0.234 e. The quantitative estimate of drug-likeness (QED) is 0.752. The van der Waals surface area contributed by atoms with Crippen LogP contribution in [0.1, 0.15) is 34.1 Å². The Bertz CT molecular complexity index is 793. The molecule has 0 saturated heterocycles. The van der Waals surface area contributed by atoms with Crippen molar-refractivity contribution in [2.45, 2.75) is 12.5 Å². The number of aromatic nitrogens is 1. The average molecular weight is 277 g/mol. The molecule has 4 heteroatoms. The van der Waals surface area contributed by atoms with Gasteiger partial charge < -0.3 is 4.74 Å². The van der Waals surface area contributed by atoms with Crippen molar-refractivity contribution in [1.29, 1.82) is 0 Å². The van der Waals surface area contributed by atoms with E-state index >= 15 is 0 Å². The Morgan fingerprint density at radius 1 is 0.952 bits per heavy atom. The molecular weight excluding hydrogens is 266 g/mol. The van der Waals surface area contributed by atoms with Crippen molar-refractivity contribution in [3.8, 4) is 0 Å². The first-order valence-corrected chi connectivity index (χ1v) is 6.75. The van der Waals surface area contributed by atoms with Crippen LogP contribution in [0.4, 0.5) is 0 Å². The van der Waals surface area contributed by atoms with Crippen LogP contribution >= 0.6 is 0 Å². The summed E-state index contributed by atoms with van der Waals surface area (Å²) in [6.45, 7) is 0. The maximum atomic E-state index is 12.2. The number of carbonyl (C=O) groups excluding carboxylic acids is 2. The summed E-state index contributed by atoms with van der Waals surface area (Å²) in [6, 6.07) is 12.6. The summed E-state index contributed by atoms with van der Waals surface area (Å²) < 4.78 is 5.94. The molecule has 1 unspecified atom stereocenters. The lowest BCUT2D eigenvalue weighted by Gasteiger charge is -2.16. The summed E-state index contributed by atoms with van der Waals surface area (Å²) in [4.78, 5) is 28.7. The van der Waals surface area contributed by atoms with Gasteiger partial charge in [-0.3, -0.25) is 14.6 Å². The number of fused-ring (bicyclic) bond motifs is 2. The van der Waals surface area contributed by atoms with Crippen molar-refractivity contribution >= 4 is 17.3 Å². The Labute approximate surface area is 121 Å². The van der Waals surface area contributed by atoms with Crippen LogP contribution in [0.2, 0.25) is 0 Å². The lowest BCUT2D eigenvalue weighted by molar-refractivity contribution is -0.112. The van der Waals surface area contributed by atoms with E-state index in [9.17, 15) is 9.59 Å². The molecular formula is C17H11NO3. The number of hydrogen-bond donors (Lipinski definition) is 0. The van der Waals surface area contributed by atoms with Crippen molar-refractivity contribution in [2.24, 2.45) is 0 Å². The molecule has 0 spiro atoms. The van der Waals surface area contributed by atoms with E-state index in [2.05, 4.69) is 4.98 Å². The van der Waals surface area contributed by atoms with Crippen LogP contribution in [0.3, 0.4) is 0 Å². The Morgan fingerprint density at radius 3 is 2.48 bits per heavy atom. The topological polar surface area (TPSA) is 56.3 Å². The average Bonchev–Trinajstić information content (AvgIpc) is 2.99. The van der Waals surface area contributed by atoms with Gasteiger partial charge in [-0.25, -0.2) is 0 Å². The number of nitrogens with zero attached hydrogens (tertiary/aromatic N) is 1. The zero-order valence-electron chi connectivity index (χ0n) is 11.1. The van der Waals surface area contributed by atoms with Gasteiger partial charge >= 0.3 is 0 Å². The van der Waals surface area contributed by atoms with Gasteiger partial charge in [0.25, 0.3) is 0 Å². The van der Waals surface area contributed by atoms with Crippen LogP contribution in [0, 0.1) is 0 Å². The fraction of sp³-hybridized carbons (Fsp3) is 0.118. The second kappa shape index (κ2) is 4.38. The molecule has 1 atom stereocenters. The summed E-state index contributed by atoms with van der Waals surface area (Å²) in [5, 5.41) is 0. The highest BCUT2D eigenvalue weighted by atomic mass is 16.5. The fourth-order valence-corrected chi connectivity index (χ4v) is 2.82. The standard InChI is InChI=1S/C17H11NO3/c19-15-10-5-1-2-6-11(10)17-12(16(15)20)9-14(21-17)13-7-3-4-8-18-13/h1-8,14H,9H2. The molecule has 1 aromatic heterocycles. The molecule has 2 heterocycles. The Balaban J connectivity index is 1.79. The van der Waals surface area contributed by atoms with Gasteiger partial charge in [-0.15, -0.1) is 0 Å². The van der Waals surface area contributed by atoms with Crippen LogP contribution in [-0.2, 0) is 9.53 Å². The van der Waals surface area contributed by atoms with Gasteiger partial charge in [0.15, 0.2) is 0 Å². The van der Waals surface area contributed by atoms with Gasteiger partial charge in [0.05, 0.1) is 11.3 Å². The summed E-state index contributed by atoms with van der Waals surface area (Å²) in [7, 11) is 0. The van der Waals surface area contributed by atoms with Crippen molar-refractivity contribution in [3.63, 3.8) is 0 Å². The van der Waals surface area contributed by atoms with E-state index in [0.717, 1.165) is 5.69 Å². The highest BCUT2D eigenvalue weighted by Gasteiger charge is 2.40.